The lowest BCUT2D eigenvalue weighted by Gasteiger charge is -2.22. The number of nitrogens with zero attached hydrogens (tertiary/aromatic N) is 2. The van der Waals surface area contributed by atoms with Crippen LogP contribution in [-0.4, -0.2) is 23.4 Å². The quantitative estimate of drug-likeness (QED) is 0.884. The summed E-state index contributed by atoms with van der Waals surface area (Å²) in [7, 11) is 1.70. The van der Waals surface area contributed by atoms with Crippen molar-refractivity contribution in [2.45, 2.75) is 39.8 Å². The summed E-state index contributed by atoms with van der Waals surface area (Å²) in [6.45, 7) is 9.36. The van der Waals surface area contributed by atoms with E-state index >= 15 is 0 Å². The van der Waals surface area contributed by atoms with Gasteiger partial charge in [-0.15, -0.1) is 0 Å². The maximum absolute atomic E-state index is 5.53. The van der Waals surface area contributed by atoms with Gasteiger partial charge in [0.1, 0.15) is 5.69 Å². The summed E-state index contributed by atoms with van der Waals surface area (Å²) in [5, 5.41) is 8.03. The number of methoxy groups -OCH3 is 1. The predicted molar refractivity (Wildman–Crippen MR) is 85.9 cm³/mol. The van der Waals surface area contributed by atoms with Crippen molar-refractivity contribution >= 4 is 0 Å². The van der Waals surface area contributed by atoms with Gasteiger partial charge < -0.3 is 10.1 Å². The van der Waals surface area contributed by atoms with Crippen LogP contribution in [0.3, 0.4) is 0 Å². The fourth-order valence-electron chi connectivity index (χ4n) is 2.53. The van der Waals surface area contributed by atoms with Crippen LogP contribution in [0.25, 0.3) is 0 Å². The normalized spacial score (nSPS) is 12.7. The Morgan fingerprint density at radius 3 is 2.43 bits per heavy atom. The molecule has 1 atom stereocenters. The highest BCUT2D eigenvalue weighted by molar-refractivity contribution is 5.37. The van der Waals surface area contributed by atoms with E-state index in [1.165, 1.54) is 11.1 Å². The highest BCUT2D eigenvalue weighted by atomic mass is 16.5. The first-order chi connectivity index (χ1) is 10.1. The second-order valence-electron chi connectivity index (χ2n) is 5.54. The second-order valence-corrected chi connectivity index (χ2v) is 5.54. The Labute approximate surface area is 127 Å². The standard InChI is InChI=1S/C17H25N3O/c1-6-18-16(14-9-7-13(4)8-10-14)17-15(21-5)11-19-20(17)12(2)3/h7-12,16,18H,6H2,1-5H3. The van der Waals surface area contributed by atoms with Gasteiger partial charge in [-0.25, -0.2) is 0 Å². The monoisotopic (exact) mass is 287 g/mol. The summed E-state index contributed by atoms with van der Waals surface area (Å²) in [5.74, 6) is 0.829. The Morgan fingerprint density at radius 2 is 1.90 bits per heavy atom. The van der Waals surface area contributed by atoms with Crippen LogP contribution in [0.15, 0.2) is 30.5 Å². The van der Waals surface area contributed by atoms with Crippen LogP contribution in [0.5, 0.6) is 5.75 Å². The van der Waals surface area contributed by atoms with Crippen molar-refractivity contribution in [1.29, 1.82) is 0 Å². The first-order valence-electron chi connectivity index (χ1n) is 7.49. The molecule has 0 saturated carbocycles. The van der Waals surface area contributed by atoms with Crippen molar-refractivity contribution in [2.75, 3.05) is 13.7 Å². The zero-order valence-electron chi connectivity index (χ0n) is 13.6. The molecule has 1 aromatic carbocycles. The Morgan fingerprint density at radius 1 is 1.24 bits per heavy atom. The highest BCUT2D eigenvalue weighted by Gasteiger charge is 2.24. The third-order valence-electron chi connectivity index (χ3n) is 3.60. The van der Waals surface area contributed by atoms with Gasteiger partial charge in [0, 0.05) is 6.04 Å². The summed E-state index contributed by atoms with van der Waals surface area (Å²) >= 11 is 0. The molecule has 2 aromatic rings. The number of hydrogen-bond acceptors (Lipinski definition) is 3. The van der Waals surface area contributed by atoms with E-state index in [1.54, 1.807) is 13.3 Å². The van der Waals surface area contributed by atoms with Gasteiger partial charge in [-0.1, -0.05) is 36.8 Å². The van der Waals surface area contributed by atoms with E-state index in [-0.39, 0.29) is 12.1 Å². The SMILES string of the molecule is CCNC(c1ccc(C)cc1)c1c(OC)cnn1C(C)C. The van der Waals surface area contributed by atoms with Crippen LogP contribution < -0.4 is 10.1 Å². The van der Waals surface area contributed by atoms with Crippen molar-refractivity contribution < 1.29 is 4.74 Å². The minimum atomic E-state index is 0.0791. The third-order valence-corrected chi connectivity index (χ3v) is 3.60. The Bertz CT molecular complexity index is 572. The molecule has 21 heavy (non-hydrogen) atoms. The van der Waals surface area contributed by atoms with Gasteiger partial charge in [0.05, 0.1) is 19.3 Å². The number of ether oxygens (including phenoxy) is 1. The molecule has 1 unspecified atom stereocenters. The molecule has 1 heterocycles. The molecule has 0 bridgehead atoms. The van der Waals surface area contributed by atoms with Crippen molar-refractivity contribution in [3.63, 3.8) is 0 Å². The predicted octanol–water partition coefficient (Wildman–Crippen LogP) is 3.48. The van der Waals surface area contributed by atoms with E-state index < -0.39 is 0 Å². The number of nitrogens with one attached hydrogen (secondary N) is 1. The Balaban J connectivity index is 2.51. The average Bonchev–Trinajstić information content (AvgIpc) is 2.89. The van der Waals surface area contributed by atoms with Crippen molar-refractivity contribution in [3.8, 4) is 5.75 Å². The smallest absolute Gasteiger partial charge is 0.161 e. The van der Waals surface area contributed by atoms with Crippen molar-refractivity contribution in [1.82, 2.24) is 15.1 Å². The molecule has 1 N–H and O–H groups in total. The van der Waals surface area contributed by atoms with Crippen LogP contribution >= 0.6 is 0 Å². The molecule has 0 radical (unpaired) electrons. The lowest BCUT2D eigenvalue weighted by atomic mass is 10.0. The number of hydrogen-bond donors (Lipinski definition) is 1. The first kappa shape index (κ1) is 15.6. The van der Waals surface area contributed by atoms with E-state index in [0.717, 1.165) is 18.0 Å². The van der Waals surface area contributed by atoms with E-state index in [9.17, 15) is 0 Å². The molecule has 0 saturated heterocycles. The molecule has 2 rings (SSSR count). The van der Waals surface area contributed by atoms with Crippen LogP contribution in [0, 0.1) is 6.92 Å². The summed E-state index contributed by atoms with van der Waals surface area (Å²) in [5.41, 5.74) is 3.57. The minimum Gasteiger partial charge on any atom is -0.493 e. The summed E-state index contributed by atoms with van der Waals surface area (Å²) in [6.07, 6.45) is 1.80. The zero-order valence-corrected chi connectivity index (χ0v) is 13.6. The Kier molecular flexibility index (Phi) is 5.02. The molecule has 114 valence electrons. The minimum absolute atomic E-state index is 0.0791. The van der Waals surface area contributed by atoms with Gasteiger partial charge in [0.25, 0.3) is 0 Å². The largest absolute Gasteiger partial charge is 0.493 e. The number of rotatable bonds is 6. The molecular formula is C17H25N3O. The van der Waals surface area contributed by atoms with Gasteiger partial charge >= 0.3 is 0 Å². The van der Waals surface area contributed by atoms with Gasteiger partial charge in [-0.3, -0.25) is 4.68 Å². The highest BCUT2D eigenvalue weighted by Crippen LogP contribution is 2.31. The molecule has 4 heteroatoms. The topological polar surface area (TPSA) is 39.1 Å². The second kappa shape index (κ2) is 6.76. The molecular weight excluding hydrogens is 262 g/mol. The van der Waals surface area contributed by atoms with Gasteiger partial charge in [0.15, 0.2) is 5.75 Å². The number of aryl methyl sites for hydroxylation is 1. The molecule has 4 nitrogen and oxygen atoms in total. The lowest BCUT2D eigenvalue weighted by molar-refractivity contribution is 0.394. The maximum atomic E-state index is 5.53. The third kappa shape index (κ3) is 3.27. The van der Waals surface area contributed by atoms with E-state index in [4.69, 9.17) is 4.74 Å². The molecule has 0 fully saturated rings. The average molecular weight is 287 g/mol. The van der Waals surface area contributed by atoms with Crippen LogP contribution in [0.1, 0.15) is 49.7 Å². The van der Waals surface area contributed by atoms with Crippen LogP contribution in [0.2, 0.25) is 0 Å². The first-order valence-corrected chi connectivity index (χ1v) is 7.49. The van der Waals surface area contributed by atoms with Crippen molar-refractivity contribution in [3.05, 3.63) is 47.3 Å². The summed E-state index contributed by atoms with van der Waals surface area (Å²) in [4.78, 5) is 0. The van der Waals surface area contributed by atoms with E-state index in [2.05, 4.69) is 62.4 Å². The molecule has 0 spiro atoms. The van der Waals surface area contributed by atoms with Gasteiger partial charge in [-0.2, -0.15) is 5.10 Å². The summed E-state index contributed by atoms with van der Waals surface area (Å²) < 4.78 is 7.56. The van der Waals surface area contributed by atoms with E-state index in [1.807, 2.05) is 4.68 Å². The van der Waals surface area contributed by atoms with Gasteiger partial charge in [-0.05, 0) is 32.9 Å². The van der Waals surface area contributed by atoms with E-state index in [0.29, 0.717) is 0 Å². The fraction of sp³-hybridized carbons (Fsp3) is 0.471. The van der Waals surface area contributed by atoms with Crippen LogP contribution in [0.4, 0.5) is 0 Å². The molecule has 0 aliphatic carbocycles. The molecule has 0 aliphatic heterocycles. The number of aromatic nitrogens is 2. The Hall–Kier alpha value is -1.81. The van der Waals surface area contributed by atoms with Crippen molar-refractivity contribution in [2.24, 2.45) is 0 Å². The maximum Gasteiger partial charge on any atom is 0.161 e. The zero-order chi connectivity index (χ0) is 15.4. The number of benzene rings is 1. The summed E-state index contributed by atoms with van der Waals surface area (Å²) in [6, 6.07) is 8.98. The fourth-order valence-corrected chi connectivity index (χ4v) is 2.53. The molecule has 0 amide bonds. The molecule has 1 aromatic heterocycles. The van der Waals surface area contributed by atoms with Gasteiger partial charge in [0.2, 0.25) is 0 Å². The lowest BCUT2D eigenvalue weighted by Crippen LogP contribution is -2.26. The molecule has 0 aliphatic rings. The van der Waals surface area contributed by atoms with Crippen LogP contribution in [-0.2, 0) is 0 Å².